The van der Waals surface area contributed by atoms with Crippen LogP contribution < -0.4 is 10.4 Å². The molecule has 0 spiro atoms. The van der Waals surface area contributed by atoms with Crippen molar-refractivity contribution in [3.05, 3.63) is 85.2 Å². The molecule has 3 aromatic rings. The first-order valence-corrected chi connectivity index (χ1v) is 7.55. The third kappa shape index (κ3) is 2.15. The van der Waals surface area contributed by atoms with Gasteiger partial charge in [-0.25, -0.2) is 4.79 Å². The molecule has 2 heterocycles. The van der Waals surface area contributed by atoms with E-state index in [4.69, 9.17) is 20.8 Å². The number of hydrogen-bond acceptors (Lipinski definition) is 5. The first kappa shape index (κ1) is 14.7. The molecule has 7 heteroatoms. The summed E-state index contributed by atoms with van der Waals surface area (Å²) in [7, 11) is 0. The van der Waals surface area contributed by atoms with E-state index in [1.165, 1.54) is 0 Å². The number of para-hydroxylation sites is 1. The van der Waals surface area contributed by atoms with Gasteiger partial charge in [0.1, 0.15) is 17.3 Å². The molecule has 24 heavy (non-hydrogen) atoms. The standard InChI is InChI=1S/C17H10ClNO5/c18-10-7-5-9(6-8-10)13-14-15(24-16(13)19(21)22)11-3-1-2-4-12(11)23-17(14)20/h1-8,13,16H/t13-,16-/m1/s1. The van der Waals surface area contributed by atoms with E-state index in [1.807, 2.05) is 0 Å². The molecule has 2 atom stereocenters. The number of hydrogen-bond donors (Lipinski definition) is 0. The fraction of sp³-hybridized carbons (Fsp3) is 0.118. The van der Waals surface area contributed by atoms with E-state index in [-0.39, 0.29) is 11.3 Å². The minimum Gasteiger partial charge on any atom is -0.428 e. The Kier molecular flexibility index (Phi) is 3.28. The van der Waals surface area contributed by atoms with E-state index in [0.29, 0.717) is 21.6 Å². The topological polar surface area (TPSA) is 82.6 Å². The Labute approximate surface area is 140 Å². The molecule has 1 aliphatic heterocycles. The van der Waals surface area contributed by atoms with Crippen LogP contribution in [0.15, 0.2) is 57.7 Å². The summed E-state index contributed by atoms with van der Waals surface area (Å²) in [5.41, 5.74) is 0.438. The van der Waals surface area contributed by atoms with Gasteiger partial charge >= 0.3 is 11.9 Å². The third-order valence-electron chi connectivity index (χ3n) is 4.07. The first-order chi connectivity index (χ1) is 11.6. The van der Waals surface area contributed by atoms with Crippen LogP contribution in [0.2, 0.25) is 5.02 Å². The molecule has 120 valence electrons. The summed E-state index contributed by atoms with van der Waals surface area (Å²) in [5, 5.41) is 12.5. The van der Waals surface area contributed by atoms with Gasteiger partial charge in [0.25, 0.3) is 0 Å². The maximum Gasteiger partial charge on any atom is 0.365 e. The molecule has 1 aliphatic rings. The average Bonchev–Trinajstić information content (AvgIpc) is 2.97. The molecular weight excluding hydrogens is 334 g/mol. The van der Waals surface area contributed by atoms with Crippen molar-refractivity contribution in [1.29, 1.82) is 0 Å². The monoisotopic (exact) mass is 343 g/mol. The zero-order chi connectivity index (χ0) is 16.8. The van der Waals surface area contributed by atoms with Gasteiger partial charge in [0, 0.05) is 5.02 Å². The van der Waals surface area contributed by atoms with Crippen molar-refractivity contribution in [2.45, 2.75) is 12.1 Å². The molecule has 0 bridgehead atoms. The van der Waals surface area contributed by atoms with Crippen LogP contribution in [0.4, 0.5) is 0 Å². The van der Waals surface area contributed by atoms with E-state index >= 15 is 0 Å². The maximum absolute atomic E-state index is 12.4. The normalized spacial score (nSPS) is 19.0. The fourth-order valence-electron chi connectivity index (χ4n) is 3.03. The third-order valence-corrected chi connectivity index (χ3v) is 4.32. The average molecular weight is 344 g/mol. The lowest BCUT2D eigenvalue weighted by molar-refractivity contribution is -0.561. The smallest absolute Gasteiger partial charge is 0.365 e. The van der Waals surface area contributed by atoms with Gasteiger partial charge < -0.3 is 9.15 Å². The molecule has 0 unspecified atom stereocenters. The second-order valence-electron chi connectivity index (χ2n) is 5.45. The zero-order valence-corrected chi connectivity index (χ0v) is 12.9. The number of nitrogens with zero attached hydrogens (tertiary/aromatic N) is 1. The number of benzene rings is 2. The minimum atomic E-state index is -1.39. The van der Waals surface area contributed by atoms with E-state index in [0.717, 1.165) is 0 Å². The second kappa shape index (κ2) is 5.35. The number of halogens is 1. The van der Waals surface area contributed by atoms with E-state index < -0.39 is 22.7 Å². The highest BCUT2D eigenvalue weighted by molar-refractivity contribution is 6.30. The van der Waals surface area contributed by atoms with Gasteiger partial charge in [0.15, 0.2) is 0 Å². The molecule has 0 N–H and O–H groups in total. The van der Waals surface area contributed by atoms with Gasteiger partial charge in [-0.1, -0.05) is 35.9 Å². The van der Waals surface area contributed by atoms with Crippen molar-refractivity contribution in [2.75, 3.05) is 0 Å². The molecule has 0 amide bonds. The SMILES string of the molecule is O=c1oc2ccccc2c2c1[C@@H](c1ccc(Cl)cc1)[C@H]([N+](=O)[O-])O2. The van der Waals surface area contributed by atoms with Gasteiger partial charge in [-0.3, -0.25) is 10.1 Å². The molecule has 0 aliphatic carbocycles. The quantitative estimate of drug-likeness (QED) is 0.403. The predicted molar refractivity (Wildman–Crippen MR) is 87.2 cm³/mol. The Bertz CT molecular complexity index is 1010. The molecule has 0 fully saturated rings. The van der Waals surface area contributed by atoms with Crippen molar-refractivity contribution in [2.24, 2.45) is 0 Å². The number of fused-ring (bicyclic) bond motifs is 3. The molecule has 0 radical (unpaired) electrons. The number of ether oxygens (including phenoxy) is 1. The van der Waals surface area contributed by atoms with Crippen LogP contribution in [0.1, 0.15) is 17.0 Å². The molecule has 2 aromatic carbocycles. The van der Waals surface area contributed by atoms with Crippen LogP contribution in [0.25, 0.3) is 11.0 Å². The van der Waals surface area contributed by atoms with E-state index in [1.54, 1.807) is 48.5 Å². The first-order valence-electron chi connectivity index (χ1n) is 7.17. The predicted octanol–water partition coefficient (Wildman–Crippen LogP) is 3.57. The fourth-order valence-corrected chi connectivity index (χ4v) is 3.15. The molecule has 0 saturated carbocycles. The van der Waals surface area contributed by atoms with Gasteiger partial charge in [0.2, 0.25) is 0 Å². The van der Waals surface area contributed by atoms with Crippen LogP contribution in [-0.4, -0.2) is 11.2 Å². The highest BCUT2D eigenvalue weighted by Crippen LogP contribution is 2.44. The van der Waals surface area contributed by atoms with Gasteiger partial charge in [-0.05, 0) is 29.8 Å². The Balaban J connectivity index is 2.00. The number of nitro groups is 1. The second-order valence-corrected chi connectivity index (χ2v) is 5.89. The Morgan fingerprint density at radius 1 is 1.08 bits per heavy atom. The summed E-state index contributed by atoms with van der Waals surface area (Å²) in [6.45, 7) is 0. The Morgan fingerprint density at radius 2 is 1.79 bits per heavy atom. The Morgan fingerprint density at radius 3 is 2.50 bits per heavy atom. The molecule has 4 rings (SSSR count). The lowest BCUT2D eigenvalue weighted by atomic mass is 9.92. The van der Waals surface area contributed by atoms with E-state index in [9.17, 15) is 14.9 Å². The van der Waals surface area contributed by atoms with Gasteiger partial charge in [0.05, 0.1) is 15.9 Å². The van der Waals surface area contributed by atoms with Crippen LogP contribution in [-0.2, 0) is 0 Å². The Hall–Kier alpha value is -2.86. The van der Waals surface area contributed by atoms with Gasteiger partial charge in [-0.15, -0.1) is 0 Å². The lowest BCUT2D eigenvalue weighted by Gasteiger charge is -2.11. The summed E-state index contributed by atoms with van der Waals surface area (Å²) >= 11 is 5.88. The van der Waals surface area contributed by atoms with Crippen LogP contribution in [0.3, 0.4) is 0 Å². The van der Waals surface area contributed by atoms with Crippen LogP contribution >= 0.6 is 11.6 Å². The molecule has 1 aromatic heterocycles. The lowest BCUT2D eigenvalue weighted by Crippen LogP contribution is -2.29. The summed E-state index contributed by atoms with van der Waals surface area (Å²) < 4.78 is 10.9. The van der Waals surface area contributed by atoms with E-state index in [2.05, 4.69) is 0 Å². The summed E-state index contributed by atoms with van der Waals surface area (Å²) in [6.07, 6.45) is -1.39. The van der Waals surface area contributed by atoms with Crippen molar-refractivity contribution < 1.29 is 14.1 Å². The van der Waals surface area contributed by atoms with Crippen molar-refractivity contribution in [1.82, 2.24) is 0 Å². The summed E-state index contributed by atoms with van der Waals surface area (Å²) in [4.78, 5) is 23.4. The highest BCUT2D eigenvalue weighted by Gasteiger charge is 2.47. The largest absolute Gasteiger partial charge is 0.428 e. The van der Waals surface area contributed by atoms with Crippen molar-refractivity contribution in [3.8, 4) is 5.75 Å². The zero-order valence-electron chi connectivity index (χ0n) is 12.1. The molecule has 0 saturated heterocycles. The molecular formula is C17H10ClNO5. The minimum absolute atomic E-state index is 0.165. The van der Waals surface area contributed by atoms with Crippen molar-refractivity contribution in [3.63, 3.8) is 0 Å². The van der Waals surface area contributed by atoms with Crippen LogP contribution in [0, 0.1) is 10.1 Å². The van der Waals surface area contributed by atoms with Crippen LogP contribution in [0.5, 0.6) is 5.75 Å². The van der Waals surface area contributed by atoms with Crippen molar-refractivity contribution >= 4 is 22.6 Å². The molecule has 6 nitrogen and oxygen atoms in total. The van der Waals surface area contributed by atoms with Gasteiger partial charge in [-0.2, -0.15) is 0 Å². The maximum atomic E-state index is 12.4. The summed E-state index contributed by atoms with van der Waals surface area (Å²) in [6, 6.07) is 13.3. The summed E-state index contributed by atoms with van der Waals surface area (Å²) in [5.74, 6) is -0.642. The highest BCUT2D eigenvalue weighted by atomic mass is 35.5. The number of rotatable bonds is 2.